The highest BCUT2D eigenvalue weighted by molar-refractivity contribution is 5.88. The molecule has 2 N–H and O–H groups in total. The predicted molar refractivity (Wildman–Crippen MR) is 101 cm³/mol. The molecule has 0 radical (unpaired) electrons. The van der Waals surface area contributed by atoms with E-state index in [0.717, 1.165) is 12.1 Å². The number of aryl methyl sites for hydroxylation is 1. The second-order valence-corrected chi connectivity index (χ2v) is 7.50. The van der Waals surface area contributed by atoms with Crippen LogP contribution in [0.5, 0.6) is 0 Å². The minimum absolute atomic E-state index is 0.133. The van der Waals surface area contributed by atoms with Crippen LogP contribution in [-0.4, -0.2) is 32.3 Å². The second kappa shape index (κ2) is 7.88. The molecule has 2 aromatic rings. The molecular weight excluding hydrogens is 387 g/mol. The van der Waals surface area contributed by atoms with Gasteiger partial charge in [0.15, 0.2) is 0 Å². The molecule has 1 atom stereocenters. The molecule has 1 unspecified atom stereocenters. The Bertz CT molecular complexity index is 935. The average Bonchev–Trinajstić information content (AvgIpc) is 2.88. The molecule has 6 nitrogen and oxygen atoms in total. The molecule has 0 saturated heterocycles. The highest BCUT2D eigenvalue weighted by Crippen LogP contribution is 2.31. The Kier molecular flexibility index (Phi) is 6.10. The van der Waals surface area contributed by atoms with Crippen LogP contribution in [0, 0.1) is 19.8 Å². The van der Waals surface area contributed by atoms with E-state index in [9.17, 15) is 27.9 Å². The van der Waals surface area contributed by atoms with Crippen LogP contribution in [0.2, 0.25) is 0 Å². The summed E-state index contributed by atoms with van der Waals surface area (Å²) in [6.45, 7) is 8.12. The van der Waals surface area contributed by atoms with Gasteiger partial charge in [0, 0.05) is 11.3 Å². The summed E-state index contributed by atoms with van der Waals surface area (Å²) in [6, 6.07) is 4.76. The maximum Gasteiger partial charge on any atom is 0.416 e. The lowest BCUT2D eigenvalue weighted by atomic mass is 9.88. The van der Waals surface area contributed by atoms with Crippen LogP contribution < -0.4 is 5.32 Å². The van der Waals surface area contributed by atoms with Crippen LogP contribution in [0.25, 0.3) is 5.69 Å². The summed E-state index contributed by atoms with van der Waals surface area (Å²) >= 11 is 0. The molecule has 1 heterocycles. The largest absolute Gasteiger partial charge is 0.480 e. The zero-order chi connectivity index (χ0) is 22.1. The fraction of sp³-hybridized carbons (Fsp3) is 0.450. The Balaban J connectivity index is 2.33. The van der Waals surface area contributed by atoms with Crippen molar-refractivity contribution in [3.05, 3.63) is 46.8 Å². The summed E-state index contributed by atoms with van der Waals surface area (Å²) in [6.07, 6.45) is -4.61. The van der Waals surface area contributed by atoms with E-state index in [-0.39, 0.29) is 18.0 Å². The third kappa shape index (κ3) is 4.60. The van der Waals surface area contributed by atoms with Crippen molar-refractivity contribution in [1.29, 1.82) is 0 Å². The molecule has 158 valence electrons. The number of carbonyl (C=O) groups is 2. The first-order chi connectivity index (χ1) is 13.3. The van der Waals surface area contributed by atoms with Crippen LogP contribution in [0.15, 0.2) is 24.3 Å². The van der Waals surface area contributed by atoms with Crippen molar-refractivity contribution in [2.75, 3.05) is 0 Å². The van der Waals surface area contributed by atoms with Gasteiger partial charge in [-0.15, -0.1) is 0 Å². The number of aromatic nitrogens is 2. The van der Waals surface area contributed by atoms with Gasteiger partial charge in [-0.25, -0.2) is 9.48 Å². The number of alkyl halides is 3. The van der Waals surface area contributed by atoms with Crippen molar-refractivity contribution in [2.45, 2.75) is 52.8 Å². The highest BCUT2D eigenvalue weighted by Gasteiger charge is 2.38. The van der Waals surface area contributed by atoms with E-state index >= 15 is 0 Å². The molecule has 0 saturated carbocycles. The fourth-order valence-electron chi connectivity index (χ4n) is 2.94. The maximum atomic E-state index is 13.0. The van der Waals surface area contributed by atoms with E-state index in [2.05, 4.69) is 10.4 Å². The van der Waals surface area contributed by atoms with Crippen molar-refractivity contribution in [3.8, 4) is 5.69 Å². The molecule has 0 spiro atoms. The van der Waals surface area contributed by atoms with E-state index in [1.165, 1.54) is 23.7 Å². The van der Waals surface area contributed by atoms with Gasteiger partial charge in [0.05, 0.1) is 23.4 Å². The van der Waals surface area contributed by atoms with E-state index < -0.39 is 29.2 Å². The molecule has 1 aromatic carbocycles. The van der Waals surface area contributed by atoms with E-state index in [1.54, 1.807) is 27.7 Å². The fourth-order valence-corrected chi connectivity index (χ4v) is 2.94. The molecule has 2 rings (SSSR count). The monoisotopic (exact) mass is 411 g/mol. The molecule has 9 heteroatoms. The number of carboxylic acids is 1. The Hall–Kier alpha value is -2.84. The number of benzene rings is 1. The van der Waals surface area contributed by atoms with Crippen molar-refractivity contribution in [1.82, 2.24) is 15.1 Å². The summed E-state index contributed by atoms with van der Waals surface area (Å²) in [4.78, 5) is 24.1. The molecule has 1 amide bonds. The lowest BCUT2D eigenvalue weighted by Crippen LogP contribution is -2.56. The van der Waals surface area contributed by atoms with Crippen LogP contribution >= 0.6 is 0 Å². The molecule has 0 aliphatic carbocycles. The normalized spacial score (nSPS) is 14.0. The molecule has 0 fully saturated rings. The first-order valence-electron chi connectivity index (χ1n) is 9.04. The number of aliphatic carboxylic acids is 1. The summed E-state index contributed by atoms with van der Waals surface area (Å²) in [5.74, 6) is -1.99. The van der Waals surface area contributed by atoms with Crippen LogP contribution in [-0.2, 0) is 22.2 Å². The minimum Gasteiger partial charge on any atom is -0.480 e. The third-order valence-corrected chi connectivity index (χ3v) is 5.19. The number of hydrogen-bond acceptors (Lipinski definition) is 3. The lowest BCUT2D eigenvalue weighted by molar-refractivity contribution is -0.148. The van der Waals surface area contributed by atoms with Gasteiger partial charge in [0.2, 0.25) is 5.91 Å². The maximum absolute atomic E-state index is 13.0. The number of carboxylic acid groups (broad SMARTS) is 1. The topological polar surface area (TPSA) is 84.2 Å². The smallest absolute Gasteiger partial charge is 0.416 e. The molecule has 1 aromatic heterocycles. The zero-order valence-corrected chi connectivity index (χ0v) is 16.9. The molecular formula is C20H24F3N3O3. The van der Waals surface area contributed by atoms with Gasteiger partial charge in [-0.2, -0.15) is 18.3 Å². The number of halogens is 3. The van der Waals surface area contributed by atoms with Gasteiger partial charge in [-0.3, -0.25) is 4.79 Å². The summed E-state index contributed by atoms with van der Waals surface area (Å²) in [5, 5.41) is 16.3. The SMILES string of the molecule is Cc1nn(-c2cccc(C(F)(F)F)c2)c(C)c1CC(=O)NC(C)(C(=O)O)C(C)C. The lowest BCUT2D eigenvalue weighted by Gasteiger charge is -2.30. The van der Waals surface area contributed by atoms with E-state index in [1.807, 2.05) is 0 Å². The molecule has 0 aliphatic heterocycles. The van der Waals surface area contributed by atoms with Gasteiger partial charge >= 0.3 is 12.1 Å². The summed E-state index contributed by atoms with van der Waals surface area (Å²) in [5.41, 5.74) is -0.470. The number of nitrogens with zero attached hydrogens (tertiary/aromatic N) is 2. The molecule has 0 aliphatic rings. The Labute approximate surface area is 166 Å². The van der Waals surface area contributed by atoms with Gasteiger partial charge in [0.1, 0.15) is 5.54 Å². The second-order valence-electron chi connectivity index (χ2n) is 7.50. The van der Waals surface area contributed by atoms with Crippen molar-refractivity contribution in [3.63, 3.8) is 0 Å². The standard InChI is InChI=1S/C20H24F3N3O3/c1-11(2)19(5,18(28)29)24-17(27)10-16-12(3)25-26(13(16)4)15-8-6-7-14(9-15)20(21,22)23/h6-9,11H,10H2,1-5H3,(H,24,27)(H,28,29). The number of amides is 1. The van der Waals surface area contributed by atoms with Crippen molar-refractivity contribution < 1.29 is 27.9 Å². The molecule has 29 heavy (non-hydrogen) atoms. The molecule has 0 bridgehead atoms. The van der Waals surface area contributed by atoms with Crippen LogP contribution in [0.1, 0.15) is 43.3 Å². The van der Waals surface area contributed by atoms with Crippen LogP contribution in [0.3, 0.4) is 0 Å². The summed E-state index contributed by atoms with van der Waals surface area (Å²) in [7, 11) is 0. The Morgan fingerprint density at radius 2 is 1.86 bits per heavy atom. The van der Waals surface area contributed by atoms with Crippen LogP contribution in [0.4, 0.5) is 13.2 Å². The van der Waals surface area contributed by atoms with E-state index in [0.29, 0.717) is 17.0 Å². The Morgan fingerprint density at radius 3 is 2.38 bits per heavy atom. The first kappa shape index (κ1) is 22.4. The third-order valence-electron chi connectivity index (χ3n) is 5.19. The van der Waals surface area contributed by atoms with Gasteiger partial charge in [-0.1, -0.05) is 19.9 Å². The van der Waals surface area contributed by atoms with E-state index in [4.69, 9.17) is 0 Å². The quantitative estimate of drug-likeness (QED) is 0.760. The number of hydrogen-bond donors (Lipinski definition) is 2. The van der Waals surface area contributed by atoms with Crippen molar-refractivity contribution >= 4 is 11.9 Å². The number of carbonyl (C=O) groups excluding carboxylic acids is 1. The van der Waals surface area contributed by atoms with Gasteiger partial charge in [0.25, 0.3) is 0 Å². The van der Waals surface area contributed by atoms with Gasteiger partial charge < -0.3 is 10.4 Å². The van der Waals surface area contributed by atoms with Crippen molar-refractivity contribution in [2.24, 2.45) is 5.92 Å². The zero-order valence-electron chi connectivity index (χ0n) is 16.9. The van der Waals surface area contributed by atoms with Gasteiger partial charge in [-0.05, 0) is 44.9 Å². The highest BCUT2D eigenvalue weighted by atomic mass is 19.4. The minimum atomic E-state index is -4.48. The number of nitrogens with one attached hydrogen (secondary N) is 1. The number of rotatable bonds is 6. The summed E-state index contributed by atoms with van der Waals surface area (Å²) < 4.78 is 40.3. The average molecular weight is 411 g/mol. The first-order valence-corrected chi connectivity index (χ1v) is 9.04. The Morgan fingerprint density at radius 1 is 1.24 bits per heavy atom. The predicted octanol–water partition coefficient (Wildman–Crippen LogP) is 3.67.